The molecule has 0 bridgehead atoms. The molecule has 17 nitrogen and oxygen atoms in total. The molecule has 0 aliphatic carbocycles. The van der Waals surface area contributed by atoms with Gasteiger partial charge in [0.05, 0.1) is 64.6 Å². The Morgan fingerprint density at radius 3 is 1.93 bits per heavy atom. The number of nitrogens with one attached hydrogen (secondary N) is 2. The van der Waals surface area contributed by atoms with Crippen molar-refractivity contribution in [1.29, 1.82) is 0 Å². The number of halogens is 5. The number of hydrogen-bond donors (Lipinski definition) is 6. The van der Waals surface area contributed by atoms with Crippen LogP contribution in [-0.4, -0.2) is 152 Å². The number of unbranched alkanes of at least 4 members (excludes halogenated alkanes) is 2. The zero-order valence-electron chi connectivity index (χ0n) is 41.2. The summed E-state index contributed by atoms with van der Waals surface area (Å²) in [7, 11) is 0. The molecule has 404 valence electrons. The second-order valence-corrected chi connectivity index (χ2v) is 18.3. The zero-order chi connectivity index (χ0) is 53.5. The van der Waals surface area contributed by atoms with E-state index in [-0.39, 0.29) is 55.1 Å². The maximum absolute atomic E-state index is 15.1. The predicted molar refractivity (Wildman–Crippen MR) is 262 cm³/mol. The van der Waals surface area contributed by atoms with Gasteiger partial charge in [-0.25, -0.2) is 18.4 Å². The first-order valence-electron chi connectivity index (χ1n) is 23.6. The number of carbonyl (C=O) groups excluding carboxylic acids is 3. The summed E-state index contributed by atoms with van der Waals surface area (Å²) in [4.78, 5) is 61.4. The number of carboxylic acid groups (broad SMARTS) is 2. The Morgan fingerprint density at radius 2 is 1.36 bits per heavy atom. The number of alkyl halides is 3. The molecule has 8 N–H and O–H groups in total. The summed E-state index contributed by atoms with van der Waals surface area (Å²) >= 11 is 1.09. The van der Waals surface area contributed by atoms with Gasteiger partial charge in [0, 0.05) is 61.2 Å². The fraction of sp³-hybridized carbons (Fsp3) is 0.571. The molecule has 23 heteroatoms. The highest BCUT2D eigenvalue weighted by atomic mass is 32.2. The Morgan fingerprint density at radius 1 is 0.764 bits per heavy atom. The summed E-state index contributed by atoms with van der Waals surface area (Å²) in [5, 5.41) is 22.4. The summed E-state index contributed by atoms with van der Waals surface area (Å²) in [5.74, 6) is -6.06. The van der Waals surface area contributed by atoms with Crippen LogP contribution in [0, 0.1) is 17.0 Å². The van der Waals surface area contributed by atoms with Crippen LogP contribution in [0.25, 0.3) is 11.1 Å². The van der Waals surface area contributed by atoms with Gasteiger partial charge in [0.25, 0.3) is 0 Å². The smallest absolute Gasteiger partial charge is 0.480 e. The molecule has 72 heavy (non-hydrogen) atoms. The number of thioether (sulfide) groups is 1. The number of aliphatic carboxylic acids is 2. The SMILES string of the molecule is CC(C)(C)[C@H](c1cc(-c2cc(F)ccc2F)cn1Cc1ccccc1)N(CCCN)C(=O)CSC[C@H](NC(=O)CCOCCOCCOCCOCCNC(=O)CCCCCN)C(=O)O.O=C(O)C(F)(F)F. The molecule has 0 saturated heterocycles. The van der Waals surface area contributed by atoms with Crippen molar-refractivity contribution in [2.75, 3.05) is 90.5 Å². The van der Waals surface area contributed by atoms with Crippen molar-refractivity contribution in [3.8, 4) is 11.1 Å². The van der Waals surface area contributed by atoms with Crippen LogP contribution in [0.1, 0.15) is 76.6 Å². The maximum atomic E-state index is 15.1. The number of carboxylic acids is 2. The van der Waals surface area contributed by atoms with Gasteiger partial charge in [-0.05, 0) is 67.6 Å². The number of aromatic nitrogens is 1. The quantitative estimate of drug-likeness (QED) is 0.0307. The second kappa shape index (κ2) is 34.3. The average molecular weight is 1050 g/mol. The lowest BCUT2D eigenvalue weighted by atomic mass is 9.83. The van der Waals surface area contributed by atoms with Gasteiger partial charge >= 0.3 is 18.1 Å². The fourth-order valence-corrected chi connectivity index (χ4v) is 7.86. The van der Waals surface area contributed by atoms with Crippen molar-refractivity contribution in [2.24, 2.45) is 16.9 Å². The van der Waals surface area contributed by atoms with Crippen LogP contribution in [-0.2, 0) is 49.5 Å². The van der Waals surface area contributed by atoms with Crippen LogP contribution in [0.3, 0.4) is 0 Å². The van der Waals surface area contributed by atoms with E-state index in [2.05, 4.69) is 10.6 Å². The van der Waals surface area contributed by atoms with Crippen LogP contribution in [0.15, 0.2) is 60.8 Å². The average Bonchev–Trinajstić information content (AvgIpc) is 3.72. The number of rotatable bonds is 34. The minimum absolute atomic E-state index is 0.00837. The first-order chi connectivity index (χ1) is 34.2. The first kappa shape index (κ1) is 62.9. The van der Waals surface area contributed by atoms with E-state index in [9.17, 15) is 41.8 Å². The molecular weight excluding hydrogens is 976 g/mol. The lowest BCUT2D eigenvalue weighted by Gasteiger charge is -2.41. The number of nitrogens with two attached hydrogens (primary N) is 2. The number of carbonyl (C=O) groups is 5. The van der Waals surface area contributed by atoms with Crippen molar-refractivity contribution in [1.82, 2.24) is 20.1 Å². The molecule has 0 aliphatic rings. The highest BCUT2D eigenvalue weighted by molar-refractivity contribution is 8.00. The van der Waals surface area contributed by atoms with Crippen LogP contribution in [0.5, 0.6) is 0 Å². The Bertz CT molecular complexity index is 2080. The molecule has 0 radical (unpaired) electrons. The van der Waals surface area contributed by atoms with Crippen molar-refractivity contribution in [2.45, 2.75) is 84.1 Å². The molecule has 2 atom stereocenters. The van der Waals surface area contributed by atoms with Gasteiger partial charge in [-0.1, -0.05) is 57.5 Å². The van der Waals surface area contributed by atoms with Crippen molar-refractivity contribution in [3.63, 3.8) is 0 Å². The van der Waals surface area contributed by atoms with E-state index in [0.717, 1.165) is 54.8 Å². The number of ether oxygens (including phenoxy) is 4. The van der Waals surface area contributed by atoms with Crippen molar-refractivity contribution >= 4 is 41.4 Å². The lowest BCUT2D eigenvalue weighted by Crippen LogP contribution is -2.45. The summed E-state index contributed by atoms with van der Waals surface area (Å²) in [6.07, 6.45) is 0.297. The number of hydrogen-bond acceptors (Lipinski definition) is 12. The molecule has 1 heterocycles. The Hall–Kier alpha value is -5.17. The fourth-order valence-electron chi connectivity index (χ4n) is 6.94. The zero-order valence-corrected chi connectivity index (χ0v) is 42.0. The lowest BCUT2D eigenvalue weighted by molar-refractivity contribution is -0.192. The molecule has 0 saturated carbocycles. The Kier molecular flexibility index (Phi) is 30.0. The normalized spacial score (nSPS) is 12.4. The van der Waals surface area contributed by atoms with Crippen molar-refractivity contribution < 1.29 is 75.1 Å². The highest BCUT2D eigenvalue weighted by Gasteiger charge is 2.39. The van der Waals surface area contributed by atoms with Crippen LogP contribution < -0.4 is 22.1 Å². The minimum atomic E-state index is -5.08. The molecule has 1 aromatic heterocycles. The third kappa shape index (κ3) is 25.5. The molecule has 0 fully saturated rings. The van der Waals surface area contributed by atoms with Gasteiger partial charge in [-0.3, -0.25) is 14.4 Å². The second-order valence-electron chi connectivity index (χ2n) is 17.3. The third-order valence-electron chi connectivity index (χ3n) is 10.4. The molecule has 2 aromatic carbocycles. The summed E-state index contributed by atoms with van der Waals surface area (Å²) in [6, 6.07) is 13.0. The molecule has 0 unspecified atom stereocenters. The highest BCUT2D eigenvalue weighted by Crippen LogP contribution is 2.41. The van der Waals surface area contributed by atoms with Gasteiger partial charge in [0.2, 0.25) is 17.7 Å². The van der Waals surface area contributed by atoms with E-state index in [4.69, 9.17) is 40.3 Å². The maximum Gasteiger partial charge on any atom is 0.490 e. The van der Waals surface area contributed by atoms with Gasteiger partial charge in [-0.15, -0.1) is 11.8 Å². The van der Waals surface area contributed by atoms with E-state index in [1.807, 2.05) is 55.7 Å². The van der Waals surface area contributed by atoms with Gasteiger partial charge in [-0.2, -0.15) is 13.2 Å². The topological polar surface area (TPSA) is 247 Å². The standard InChI is InChI=1S/C47H70F2N6O9S.C2HF3O2/c1-47(2,3)45(41-29-36(38-30-37(48)14-15-39(38)49)32-54(41)31-35-11-6-4-7-12-35)55(20-10-18-51)44(58)34-65-33-40(46(59)60)53-43(57)16-21-61-23-25-63-27-28-64-26-24-62-22-19-52-42(56)13-8-5-9-17-50;3-2(4,5)1(6)7/h4,6-7,11-12,14-15,29-30,32,40,45H,5,8-10,13,16-28,31,33-34,50-51H2,1-3H3,(H,52,56)(H,53,57)(H,59,60);(H,6,7)/t40-,45-;/m0./s1. The first-order valence-corrected chi connectivity index (χ1v) is 24.7. The molecule has 3 aromatic rings. The largest absolute Gasteiger partial charge is 0.490 e. The van der Waals surface area contributed by atoms with Gasteiger partial charge in [0.1, 0.15) is 17.7 Å². The summed E-state index contributed by atoms with van der Waals surface area (Å²) in [6.45, 7) is 10.5. The van der Waals surface area contributed by atoms with Crippen LogP contribution in [0.2, 0.25) is 0 Å². The predicted octanol–water partition coefficient (Wildman–Crippen LogP) is 5.77. The molecular formula is C49H71F5N6O11S. The van der Waals surface area contributed by atoms with E-state index >= 15 is 4.39 Å². The Balaban J connectivity index is 0.00000235. The monoisotopic (exact) mass is 1050 g/mol. The van der Waals surface area contributed by atoms with E-state index < -0.39 is 53.2 Å². The molecule has 0 aliphatic heterocycles. The Labute approximate surface area is 421 Å². The number of amides is 3. The third-order valence-corrected chi connectivity index (χ3v) is 11.4. The van der Waals surface area contributed by atoms with Crippen LogP contribution >= 0.6 is 11.8 Å². The molecule has 0 spiro atoms. The van der Waals surface area contributed by atoms with Gasteiger partial charge in [0.15, 0.2) is 0 Å². The molecule has 3 rings (SSSR count). The van der Waals surface area contributed by atoms with E-state index in [0.29, 0.717) is 89.9 Å². The summed E-state index contributed by atoms with van der Waals surface area (Å²) in [5.41, 5.74) is 13.1. The minimum Gasteiger partial charge on any atom is -0.480 e. The molecule has 3 amide bonds. The van der Waals surface area contributed by atoms with Crippen LogP contribution in [0.4, 0.5) is 22.0 Å². The van der Waals surface area contributed by atoms with Crippen molar-refractivity contribution in [3.05, 3.63) is 83.7 Å². The van der Waals surface area contributed by atoms with Gasteiger partial charge < -0.3 is 60.7 Å². The van der Waals surface area contributed by atoms with E-state index in [1.54, 1.807) is 17.2 Å². The summed E-state index contributed by atoms with van der Waals surface area (Å²) < 4.78 is 85.1. The number of nitrogens with zero attached hydrogens (tertiary/aromatic N) is 2. The number of benzene rings is 2. The van der Waals surface area contributed by atoms with E-state index in [1.165, 1.54) is 0 Å².